The predicted octanol–water partition coefficient (Wildman–Crippen LogP) is 0.341. The predicted molar refractivity (Wildman–Crippen MR) is 122 cm³/mol. The number of hydrogen-bond acceptors (Lipinski definition) is 7. The van der Waals surface area contributed by atoms with Gasteiger partial charge in [-0.15, -0.1) is 0 Å². The van der Waals surface area contributed by atoms with Crippen molar-refractivity contribution in [1.82, 2.24) is 9.88 Å². The number of halogens is 2. The van der Waals surface area contributed by atoms with E-state index in [0.29, 0.717) is 11.3 Å². The second-order valence-corrected chi connectivity index (χ2v) is 9.41. The lowest BCUT2D eigenvalue weighted by atomic mass is 10.2. The van der Waals surface area contributed by atoms with Gasteiger partial charge in [0.25, 0.3) is 5.56 Å². The van der Waals surface area contributed by atoms with Crippen LogP contribution in [0.15, 0.2) is 39.1 Å². The van der Waals surface area contributed by atoms with Crippen LogP contribution >= 0.6 is 23.2 Å². The van der Waals surface area contributed by atoms with Crippen molar-refractivity contribution in [2.75, 3.05) is 18.9 Å². The van der Waals surface area contributed by atoms with Crippen molar-refractivity contribution in [1.29, 1.82) is 0 Å². The van der Waals surface area contributed by atoms with Gasteiger partial charge in [0, 0.05) is 5.69 Å². The molecule has 1 aromatic heterocycles. The van der Waals surface area contributed by atoms with Crippen LogP contribution in [-0.2, 0) is 31.8 Å². The number of nitrogens with zero attached hydrogens (tertiary/aromatic N) is 2. The molecule has 0 atom stereocenters. The van der Waals surface area contributed by atoms with E-state index in [9.17, 15) is 18.0 Å². The number of oxime groups is 1. The zero-order chi connectivity index (χ0) is 24.1. The molecule has 1 aromatic carbocycles. The molecule has 0 saturated heterocycles. The summed E-state index contributed by atoms with van der Waals surface area (Å²) in [4.78, 5) is 29.3. The Morgan fingerprint density at radius 2 is 1.91 bits per heavy atom. The molecule has 1 amide bonds. The number of guanidine groups is 1. The average Bonchev–Trinajstić information content (AvgIpc) is 2.66. The number of carbonyl (C=O) groups is 1. The molecular formula is C18H22Cl2N6O5S. The fraction of sp³-hybridized carbons (Fsp3) is 0.278. The van der Waals surface area contributed by atoms with Gasteiger partial charge in [-0.05, 0) is 35.8 Å². The van der Waals surface area contributed by atoms with Gasteiger partial charge in [-0.2, -0.15) is 0 Å². The molecule has 0 saturated carbocycles. The molecule has 2 rings (SSSR count). The topological polar surface area (TPSA) is 185 Å². The number of rotatable bonds is 9. The summed E-state index contributed by atoms with van der Waals surface area (Å²) in [5.74, 6) is -1.35. The Morgan fingerprint density at radius 1 is 1.22 bits per heavy atom. The highest BCUT2D eigenvalue weighted by Gasteiger charge is 2.25. The Balaban J connectivity index is 2.25. The van der Waals surface area contributed by atoms with Gasteiger partial charge in [0.1, 0.15) is 13.2 Å². The summed E-state index contributed by atoms with van der Waals surface area (Å²) in [6, 6.07) is 5.64. The largest absolute Gasteiger partial charge is 0.397 e. The SMILES string of the molecule is Cc1cc(N)c(S(=O)(=O)Cc2ccc(Cl)c(Cl)c2)c(=O)n1CC(=O)NCCON=C(N)N. The summed E-state index contributed by atoms with van der Waals surface area (Å²) in [5.41, 5.74) is 15.6. The second kappa shape index (κ2) is 10.6. The van der Waals surface area contributed by atoms with Crippen LogP contribution in [0, 0.1) is 6.92 Å². The molecule has 11 nitrogen and oxygen atoms in total. The van der Waals surface area contributed by atoms with Gasteiger partial charge in [0.15, 0.2) is 14.7 Å². The van der Waals surface area contributed by atoms with Crippen molar-refractivity contribution in [3.63, 3.8) is 0 Å². The third kappa shape index (κ3) is 6.52. The molecule has 7 N–H and O–H groups in total. The number of sulfone groups is 1. The van der Waals surface area contributed by atoms with Crippen molar-refractivity contribution in [2.24, 2.45) is 16.6 Å². The Morgan fingerprint density at radius 3 is 2.53 bits per heavy atom. The maximum Gasteiger partial charge on any atom is 0.272 e. The third-order valence-corrected chi connectivity index (χ3v) is 6.62. The highest BCUT2D eigenvalue weighted by Crippen LogP contribution is 2.26. The van der Waals surface area contributed by atoms with Crippen LogP contribution in [0.2, 0.25) is 10.0 Å². The van der Waals surface area contributed by atoms with Crippen LogP contribution in [0.1, 0.15) is 11.3 Å². The Kier molecular flexibility index (Phi) is 8.36. The number of nitrogens with two attached hydrogens (primary N) is 3. The molecule has 0 aliphatic heterocycles. The van der Waals surface area contributed by atoms with Crippen molar-refractivity contribution in [2.45, 2.75) is 24.1 Å². The summed E-state index contributed by atoms with van der Waals surface area (Å²) < 4.78 is 27.0. The van der Waals surface area contributed by atoms with E-state index in [1.807, 2.05) is 0 Å². The van der Waals surface area contributed by atoms with Crippen molar-refractivity contribution in [3.05, 3.63) is 55.9 Å². The zero-order valence-corrected chi connectivity index (χ0v) is 19.3. The first kappa shape index (κ1) is 25.3. The molecule has 32 heavy (non-hydrogen) atoms. The van der Waals surface area contributed by atoms with Gasteiger partial charge in [-0.25, -0.2) is 8.42 Å². The normalized spacial score (nSPS) is 11.1. The summed E-state index contributed by atoms with van der Waals surface area (Å²) in [6.07, 6.45) is 0. The van der Waals surface area contributed by atoms with Crippen molar-refractivity contribution in [3.8, 4) is 0 Å². The summed E-state index contributed by atoms with van der Waals surface area (Å²) in [7, 11) is -4.16. The molecular weight excluding hydrogens is 483 g/mol. The quantitative estimate of drug-likeness (QED) is 0.163. The average molecular weight is 505 g/mol. The van der Waals surface area contributed by atoms with Crippen LogP contribution in [0.25, 0.3) is 0 Å². The third-order valence-electron chi connectivity index (χ3n) is 4.13. The minimum Gasteiger partial charge on any atom is -0.397 e. The van der Waals surface area contributed by atoms with Gasteiger partial charge in [0.05, 0.1) is 28.0 Å². The molecule has 0 radical (unpaired) electrons. The van der Waals surface area contributed by atoms with E-state index in [-0.39, 0.29) is 34.8 Å². The highest BCUT2D eigenvalue weighted by atomic mass is 35.5. The summed E-state index contributed by atoms with van der Waals surface area (Å²) in [5, 5.41) is 6.24. The first-order chi connectivity index (χ1) is 14.9. The van der Waals surface area contributed by atoms with Crippen LogP contribution in [-0.4, -0.2) is 38.0 Å². The van der Waals surface area contributed by atoms with Crippen LogP contribution in [0.4, 0.5) is 5.69 Å². The fourth-order valence-electron chi connectivity index (χ4n) is 2.76. The molecule has 174 valence electrons. The lowest BCUT2D eigenvalue weighted by molar-refractivity contribution is -0.122. The molecule has 14 heteroatoms. The summed E-state index contributed by atoms with van der Waals surface area (Å²) >= 11 is 11.8. The molecule has 0 bridgehead atoms. The Bertz CT molecular complexity index is 1210. The lowest BCUT2D eigenvalue weighted by Gasteiger charge is -2.15. The monoisotopic (exact) mass is 504 g/mol. The lowest BCUT2D eigenvalue weighted by Crippen LogP contribution is -2.37. The molecule has 0 aliphatic carbocycles. The van der Waals surface area contributed by atoms with E-state index in [1.165, 1.54) is 31.2 Å². The number of hydrogen-bond donors (Lipinski definition) is 4. The Labute approximate surface area is 194 Å². The number of anilines is 1. The minimum atomic E-state index is -4.16. The van der Waals surface area contributed by atoms with Gasteiger partial charge in [0.2, 0.25) is 11.9 Å². The van der Waals surface area contributed by atoms with Gasteiger partial charge in [-0.1, -0.05) is 29.3 Å². The van der Waals surface area contributed by atoms with E-state index in [2.05, 4.69) is 10.5 Å². The van der Waals surface area contributed by atoms with E-state index < -0.39 is 38.5 Å². The number of nitrogen functional groups attached to an aromatic ring is 1. The molecule has 2 aromatic rings. The fourth-order valence-corrected chi connectivity index (χ4v) is 4.64. The van der Waals surface area contributed by atoms with Crippen molar-refractivity contribution < 1.29 is 18.0 Å². The van der Waals surface area contributed by atoms with Crippen molar-refractivity contribution >= 4 is 50.6 Å². The number of nitrogens with one attached hydrogen (secondary N) is 1. The van der Waals surface area contributed by atoms with Gasteiger partial charge < -0.3 is 31.9 Å². The standard InChI is InChI=1S/C18H22Cl2N6O5S/c1-10-6-14(21)16(32(29,30)9-11-2-3-12(19)13(20)7-11)17(28)26(10)8-15(27)24-4-5-31-25-18(22)23/h2-3,6-7H,4-5,8-9,21H2,1H3,(H,24,27)(H4,22,23,25). The number of aromatic nitrogens is 1. The number of aryl methyl sites for hydroxylation is 1. The van der Waals surface area contributed by atoms with E-state index in [0.717, 1.165) is 4.57 Å². The Hall–Kier alpha value is -2.96. The van der Waals surface area contributed by atoms with Gasteiger partial charge >= 0.3 is 0 Å². The molecule has 0 unspecified atom stereocenters. The second-order valence-electron chi connectivity index (χ2n) is 6.67. The zero-order valence-electron chi connectivity index (χ0n) is 17.0. The molecule has 0 spiro atoms. The van der Waals surface area contributed by atoms with Crippen LogP contribution in [0.5, 0.6) is 0 Å². The van der Waals surface area contributed by atoms with E-state index in [4.69, 9.17) is 45.2 Å². The molecule has 1 heterocycles. The smallest absolute Gasteiger partial charge is 0.272 e. The summed E-state index contributed by atoms with van der Waals surface area (Å²) in [6.45, 7) is 1.15. The number of pyridine rings is 1. The minimum absolute atomic E-state index is 0.0114. The first-order valence-electron chi connectivity index (χ1n) is 9.06. The number of amides is 1. The molecule has 0 aliphatic rings. The van der Waals surface area contributed by atoms with Crippen LogP contribution in [0.3, 0.4) is 0 Å². The van der Waals surface area contributed by atoms with Crippen LogP contribution < -0.4 is 28.1 Å². The maximum atomic E-state index is 13.0. The number of carbonyl (C=O) groups excluding carboxylic acids is 1. The first-order valence-corrected chi connectivity index (χ1v) is 11.5. The number of benzene rings is 1. The highest BCUT2D eigenvalue weighted by molar-refractivity contribution is 7.90. The molecule has 0 fully saturated rings. The van der Waals surface area contributed by atoms with Gasteiger partial charge in [-0.3, -0.25) is 9.59 Å². The van der Waals surface area contributed by atoms with E-state index in [1.54, 1.807) is 0 Å². The maximum absolute atomic E-state index is 13.0. The van der Waals surface area contributed by atoms with E-state index >= 15 is 0 Å².